The Morgan fingerprint density at radius 3 is 2.65 bits per heavy atom. The molecule has 2 aromatic rings. The largest absolute Gasteiger partial charge is 0.325 e. The number of nitrogens with zero attached hydrogens (tertiary/aromatic N) is 4. The molecule has 4 rings (SSSR count). The van der Waals surface area contributed by atoms with E-state index in [1.807, 2.05) is 6.07 Å². The van der Waals surface area contributed by atoms with E-state index in [2.05, 4.69) is 10.3 Å². The Kier molecular flexibility index (Phi) is 4.84. The van der Waals surface area contributed by atoms with Gasteiger partial charge < -0.3 is 9.88 Å². The van der Waals surface area contributed by atoms with Gasteiger partial charge in [-0.25, -0.2) is 18.6 Å². The molecule has 0 unspecified atom stereocenters. The van der Waals surface area contributed by atoms with E-state index in [0.29, 0.717) is 16.8 Å². The van der Waals surface area contributed by atoms with Crippen molar-refractivity contribution >= 4 is 17.7 Å². The molecule has 2 heterocycles. The van der Waals surface area contributed by atoms with Crippen molar-refractivity contribution in [2.45, 2.75) is 37.1 Å². The molecule has 160 valence electrons. The molecule has 2 fully saturated rings. The molecule has 1 spiro atoms. The number of amides is 3. The number of nitriles is 1. The molecule has 2 aliphatic rings. The van der Waals surface area contributed by atoms with Crippen LogP contribution in [0.25, 0.3) is 11.3 Å². The lowest BCUT2D eigenvalue weighted by molar-refractivity contribution is -0.135. The number of benzene rings is 1. The highest BCUT2D eigenvalue weighted by molar-refractivity contribution is 6.10. The van der Waals surface area contributed by atoms with Crippen LogP contribution in [0.2, 0.25) is 0 Å². The van der Waals surface area contributed by atoms with Crippen LogP contribution in [0.3, 0.4) is 0 Å². The van der Waals surface area contributed by atoms with Gasteiger partial charge >= 0.3 is 6.03 Å². The van der Waals surface area contributed by atoms with Gasteiger partial charge in [0, 0.05) is 25.5 Å². The lowest BCUT2D eigenvalue weighted by Gasteiger charge is -2.34. The molecule has 10 heteroatoms. The van der Waals surface area contributed by atoms with Crippen LogP contribution in [0.1, 0.15) is 41.9 Å². The van der Waals surface area contributed by atoms with Gasteiger partial charge in [0.05, 0.1) is 30.1 Å². The Balaban J connectivity index is 1.53. The Hall–Kier alpha value is -3.61. The number of nitrogens with one attached hydrogen (secondary N) is 1. The molecule has 1 aliphatic carbocycles. The number of aromatic nitrogens is 2. The minimum Gasteiger partial charge on any atom is -0.325 e. The summed E-state index contributed by atoms with van der Waals surface area (Å²) in [6, 6.07) is 8.07. The zero-order valence-corrected chi connectivity index (χ0v) is 16.7. The fourth-order valence-corrected chi connectivity index (χ4v) is 4.10. The summed E-state index contributed by atoms with van der Waals surface area (Å²) < 4.78 is 28.5. The number of carbonyl (C=O) groups excluding carboxylic acids is 3. The first-order valence-corrected chi connectivity index (χ1v) is 9.73. The number of hydrogen-bond acceptors (Lipinski definition) is 5. The number of urea groups is 1. The zero-order valence-electron chi connectivity index (χ0n) is 16.7. The molecule has 8 nitrogen and oxygen atoms in total. The molecule has 1 aromatic heterocycles. The second-order valence-corrected chi connectivity index (χ2v) is 7.90. The SMILES string of the molecule is Cn1c(-c2cccc(C#N)c2)cnc1C(=O)CN1C(=O)NC2(CCC(F)(F)CC2)C1=O. The Morgan fingerprint density at radius 2 is 1.97 bits per heavy atom. The summed E-state index contributed by atoms with van der Waals surface area (Å²) in [6.45, 7) is -0.536. The van der Waals surface area contributed by atoms with Crippen molar-refractivity contribution in [3.63, 3.8) is 0 Å². The van der Waals surface area contributed by atoms with Crippen molar-refractivity contribution in [2.75, 3.05) is 6.54 Å². The third-order valence-electron chi connectivity index (χ3n) is 5.91. The molecule has 1 saturated carbocycles. The number of imide groups is 1. The zero-order chi connectivity index (χ0) is 22.4. The molecule has 3 amide bonds. The maximum absolute atomic E-state index is 13.5. The topological polar surface area (TPSA) is 108 Å². The van der Waals surface area contributed by atoms with Crippen molar-refractivity contribution in [3.05, 3.63) is 41.9 Å². The number of alkyl halides is 2. The number of carbonyl (C=O) groups is 3. The molecule has 1 aromatic carbocycles. The third-order valence-corrected chi connectivity index (χ3v) is 5.91. The van der Waals surface area contributed by atoms with Crippen LogP contribution in [0.5, 0.6) is 0 Å². The second-order valence-electron chi connectivity index (χ2n) is 7.90. The molecule has 1 saturated heterocycles. The third kappa shape index (κ3) is 3.56. The molecule has 0 bridgehead atoms. The van der Waals surface area contributed by atoms with Gasteiger partial charge in [-0.2, -0.15) is 5.26 Å². The quantitative estimate of drug-likeness (QED) is 0.596. The highest BCUT2D eigenvalue weighted by Crippen LogP contribution is 2.41. The summed E-state index contributed by atoms with van der Waals surface area (Å²) in [5.74, 6) is -4.04. The minimum absolute atomic E-state index is 0.0362. The van der Waals surface area contributed by atoms with Crippen LogP contribution < -0.4 is 5.32 Å². The van der Waals surface area contributed by atoms with Gasteiger partial charge in [0.2, 0.25) is 11.7 Å². The van der Waals surface area contributed by atoms with Gasteiger partial charge in [0.1, 0.15) is 5.54 Å². The van der Waals surface area contributed by atoms with Crippen molar-refractivity contribution in [3.8, 4) is 17.3 Å². The summed E-state index contributed by atoms with van der Waals surface area (Å²) in [5.41, 5.74) is 0.354. The van der Waals surface area contributed by atoms with Gasteiger partial charge in [-0.05, 0) is 25.0 Å². The van der Waals surface area contributed by atoms with Gasteiger partial charge in [-0.1, -0.05) is 12.1 Å². The van der Waals surface area contributed by atoms with E-state index in [-0.39, 0.29) is 18.7 Å². The van der Waals surface area contributed by atoms with E-state index >= 15 is 0 Å². The highest BCUT2D eigenvalue weighted by atomic mass is 19.3. The Labute approximate surface area is 176 Å². The summed E-state index contributed by atoms with van der Waals surface area (Å²) in [4.78, 5) is 42.9. The molecule has 31 heavy (non-hydrogen) atoms. The van der Waals surface area contributed by atoms with E-state index in [9.17, 15) is 23.2 Å². The molecule has 0 radical (unpaired) electrons. The van der Waals surface area contributed by atoms with Crippen LogP contribution in [0.15, 0.2) is 30.5 Å². The average Bonchev–Trinajstić information content (AvgIpc) is 3.23. The number of rotatable bonds is 4. The Bertz CT molecular complexity index is 1120. The Morgan fingerprint density at radius 1 is 1.26 bits per heavy atom. The molecular weight excluding hydrogens is 408 g/mol. The summed E-state index contributed by atoms with van der Waals surface area (Å²) in [7, 11) is 1.62. The van der Waals surface area contributed by atoms with E-state index in [1.54, 1.807) is 31.3 Å². The minimum atomic E-state index is -2.86. The first-order valence-electron chi connectivity index (χ1n) is 9.73. The van der Waals surface area contributed by atoms with Crippen molar-refractivity contribution in [1.82, 2.24) is 19.8 Å². The van der Waals surface area contributed by atoms with E-state index < -0.39 is 48.6 Å². The normalized spacial score (nSPS) is 19.4. The first-order chi connectivity index (χ1) is 14.7. The van der Waals surface area contributed by atoms with Crippen LogP contribution in [0.4, 0.5) is 13.6 Å². The van der Waals surface area contributed by atoms with Gasteiger partial charge in [0.15, 0.2) is 5.82 Å². The van der Waals surface area contributed by atoms with Crippen molar-refractivity contribution < 1.29 is 23.2 Å². The molecule has 0 atom stereocenters. The van der Waals surface area contributed by atoms with E-state index in [4.69, 9.17) is 5.26 Å². The van der Waals surface area contributed by atoms with Crippen molar-refractivity contribution in [2.24, 2.45) is 7.05 Å². The number of halogens is 2. The van der Waals surface area contributed by atoms with E-state index in [1.165, 1.54) is 10.8 Å². The summed E-state index contributed by atoms with van der Waals surface area (Å²) in [5, 5.41) is 11.6. The number of hydrogen-bond donors (Lipinski definition) is 1. The maximum atomic E-state index is 13.5. The van der Waals surface area contributed by atoms with Crippen LogP contribution in [-0.4, -0.2) is 50.2 Å². The predicted octanol–water partition coefficient (Wildman–Crippen LogP) is 2.64. The first kappa shape index (κ1) is 20.7. The number of Topliss-reactive ketones (excluding diaryl/α,β-unsaturated/α-hetero) is 1. The lowest BCUT2D eigenvalue weighted by Crippen LogP contribution is -2.51. The molecule has 1 aliphatic heterocycles. The number of ketones is 1. The fourth-order valence-electron chi connectivity index (χ4n) is 4.10. The van der Waals surface area contributed by atoms with Gasteiger partial charge in [-0.3, -0.25) is 14.5 Å². The second kappa shape index (κ2) is 7.27. The predicted molar refractivity (Wildman–Crippen MR) is 104 cm³/mol. The summed E-state index contributed by atoms with van der Waals surface area (Å²) in [6.07, 6.45) is 0.144. The highest BCUT2D eigenvalue weighted by Gasteiger charge is 2.55. The number of imidazole rings is 1. The molecular formula is C21H19F2N5O3. The smallest absolute Gasteiger partial charge is 0.325 e. The monoisotopic (exact) mass is 427 g/mol. The average molecular weight is 427 g/mol. The van der Waals surface area contributed by atoms with Gasteiger partial charge in [-0.15, -0.1) is 0 Å². The van der Waals surface area contributed by atoms with Crippen LogP contribution in [0, 0.1) is 11.3 Å². The van der Waals surface area contributed by atoms with Crippen LogP contribution in [-0.2, 0) is 11.8 Å². The van der Waals surface area contributed by atoms with Gasteiger partial charge in [0.25, 0.3) is 5.91 Å². The standard InChI is InChI=1S/C21H19F2N5O3/c1-27-15(14-4-2-3-13(9-14)10-24)11-25-17(27)16(29)12-28-18(30)20(26-19(28)31)5-7-21(22,23)8-6-20/h2-4,9,11H,5-8,12H2,1H3,(H,26,31). The van der Waals surface area contributed by atoms with Crippen molar-refractivity contribution in [1.29, 1.82) is 5.26 Å². The summed E-state index contributed by atoms with van der Waals surface area (Å²) >= 11 is 0. The fraction of sp³-hybridized carbons (Fsp3) is 0.381. The van der Waals surface area contributed by atoms with Crippen LogP contribution >= 0.6 is 0 Å². The lowest BCUT2D eigenvalue weighted by atomic mass is 9.80. The van der Waals surface area contributed by atoms with E-state index in [0.717, 1.165) is 4.90 Å². The molecule has 1 N–H and O–H groups in total. The maximum Gasteiger partial charge on any atom is 0.325 e.